The first-order valence-electron chi connectivity index (χ1n) is 5.54. The Morgan fingerprint density at radius 1 is 1.47 bits per heavy atom. The van der Waals surface area contributed by atoms with Crippen LogP contribution < -0.4 is 5.73 Å². The van der Waals surface area contributed by atoms with E-state index in [1.807, 2.05) is 11.3 Å². The fraction of sp³-hybridized carbons (Fsp3) is 0.667. The zero-order valence-electron chi connectivity index (χ0n) is 9.35. The molecular weight excluding hydrogens is 270 g/mol. The molecule has 84 valence electrons. The fourth-order valence-electron chi connectivity index (χ4n) is 2.47. The Bertz CT molecular complexity index is 333. The van der Waals surface area contributed by atoms with E-state index in [1.54, 1.807) is 0 Å². The highest BCUT2D eigenvalue weighted by Crippen LogP contribution is 2.47. The monoisotopic (exact) mass is 287 g/mol. The van der Waals surface area contributed by atoms with Gasteiger partial charge in [-0.1, -0.05) is 19.8 Å². The van der Waals surface area contributed by atoms with Crippen LogP contribution >= 0.6 is 27.3 Å². The fourth-order valence-corrected chi connectivity index (χ4v) is 4.21. The molecule has 0 saturated heterocycles. The molecule has 1 nitrogen and oxygen atoms in total. The topological polar surface area (TPSA) is 26.0 Å². The molecule has 0 radical (unpaired) electrons. The van der Waals surface area contributed by atoms with Gasteiger partial charge in [0.15, 0.2) is 0 Å². The van der Waals surface area contributed by atoms with Crippen molar-refractivity contribution in [1.29, 1.82) is 0 Å². The Morgan fingerprint density at radius 3 is 2.53 bits per heavy atom. The molecule has 0 amide bonds. The van der Waals surface area contributed by atoms with E-state index in [9.17, 15) is 0 Å². The third-order valence-corrected chi connectivity index (χ3v) is 5.90. The Hall–Kier alpha value is 0.140. The molecule has 1 fully saturated rings. The molecule has 1 aliphatic rings. The average molecular weight is 288 g/mol. The minimum absolute atomic E-state index is 0.218. The second-order valence-electron chi connectivity index (χ2n) is 4.89. The lowest BCUT2D eigenvalue weighted by Crippen LogP contribution is -2.28. The van der Waals surface area contributed by atoms with Gasteiger partial charge in [-0.2, -0.15) is 0 Å². The van der Waals surface area contributed by atoms with Crippen LogP contribution in [0.4, 0.5) is 0 Å². The molecule has 0 aromatic carbocycles. The van der Waals surface area contributed by atoms with Crippen molar-refractivity contribution in [2.45, 2.75) is 45.6 Å². The van der Waals surface area contributed by atoms with Crippen LogP contribution in [0.5, 0.6) is 0 Å². The number of rotatable bonds is 2. The van der Waals surface area contributed by atoms with Gasteiger partial charge in [-0.3, -0.25) is 0 Å². The van der Waals surface area contributed by atoms with Crippen LogP contribution in [-0.4, -0.2) is 0 Å². The number of thiophene rings is 1. The molecule has 1 aromatic rings. The van der Waals surface area contributed by atoms with Crippen molar-refractivity contribution in [3.8, 4) is 0 Å². The van der Waals surface area contributed by atoms with E-state index < -0.39 is 0 Å². The number of aryl methyl sites for hydroxylation is 1. The quantitative estimate of drug-likeness (QED) is 0.857. The van der Waals surface area contributed by atoms with Crippen molar-refractivity contribution < 1.29 is 0 Å². The predicted molar refractivity (Wildman–Crippen MR) is 70.3 cm³/mol. The zero-order valence-corrected chi connectivity index (χ0v) is 11.7. The van der Waals surface area contributed by atoms with Gasteiger partial charge >= 0.3 is 0 Å². The summed E-state index contributed by atoms with van der Waals surface area (Å²) in [4.78, 5) is 2.67. The summed E-state index contributed by atoms with van der Waals surface area (Å²) >= 11 is 5.40. The van der Waals surface area contributed by atoms with Crippen molar-refractivity contribution in [3.05, 3.63) is 20.3 Å². The van der Waals surface area contributed by atoms with Crippen LogP contribution in [-0.2, 0) is 0 Å². The van der Waals surface area contributed by atoms with Gasteiger partial charge in [0.1, 0.15) is 0 Å². The van der Waals surface area contributed by atoms with Gasteiger partial charge in [0.25, 0.3) is 0 Å². The van der Waals surface area contributed by atoms with Crippen LogP contribution in [0.25, 0.3) is 0 Å². The van der Waals surface area contributed by atoms with Gasteiger partial charge in [0.05, 0.1) is 0 Å². The van der Waals surface area contributed by atoms with Crippen molar-refractivity contribution in [2.75, 3.05) is 0 Å². The van der Waals surface area contributed by atoms with Crippen LogP contribution in [0.15, 0.2) is 10.5 Å². The van der Waals surface area contributed by atoms with Gasteiger partial charge in [0, 0.05) is 20.3 Å². The minimum atomic E-state index is 0.218. The molecule has 3 heteroatoms. The molecule has 0 aliphatic heterocycles. The Labute approximate surface area is 104 Å². The summed E-state index contributed by atoms with van der Waals surface area (Å²) in [6.45, 7) is 4.48. The highest BCUT2D eigenvalue weighted by molar-refractivity contribution is 9.10. The highest BCUT2D eigenvalue weighted by Gasteiger charge is 2.36. The van der Waals surface area contributed by atoms with Crippen molar-refractivity contribution in [2.24, 2.45) is 11.1 Å². The van der Waals surface area contributed by atoms with E-state index >= 15 is 0 Å². The smallest absolute Gasteiger partial charge is 0.0444 e. The Morgan fingerprint density at radius 2 is 2.07 bits per heavy atom. The van der Waals surface area contributed by atoms with Crippen molar-refractivity contribution in [3.63, 3.8) is 0 Å². The average Bonchev–Trinajstić information content (AvgIpc) is 2.75. The van der Waals surface area contributed by atoms with Crippen LogP contribution in [0.2, 0.25) is 0 Å². The SMILES string of the molecule is Cc1sc(C(N)C2(C)CCCC2)cc1Br. The maximum Gasteiger partial charge on any atom is 0.0444 e. The molecule has 1 aromatic heterocycles. The second kappa shape index (κ2) is 4.19. The summed E-state index contributed by atoms with van der Waals surface area (Å²) in [6, 6.07) is 2.42. The predicted octanol–water partition coefficient (Wildman–Crippen LogP) is 4.40. The first kappa shape index (κ1) is 11.6. The molecule has 0 spiro atoms. The lowest BCUT2D eigenvalue weighted by Gasteiger charge is -2.30. The summed E-state index contributed by atoms with van der Waals surface area (Å²) < 4.78 is 1.21. The number of hydrogen-bond donors (Lipinski definition) is 1. The van der Waals surface area contributed by atoms with Crippen LogP contribution in [0, 0.1) is 12.3 Å². The first-order chi connectivity index (χ1) is 7.03. The normalized spacial score (nSPS) is 21.9. The molecule has 1 atom stereocenters. The number of hydrogen-bond acceptors (Lipinski definition) is 2. The van der Waals surface area contributed by atoms with Gasteiger partial charge < -0.3 is 5.73 Å². The van der Waals surface area contributed by atoms with Crippen molar-refractivity contribution >= 4 is 27.3 Å². The third-order valence-electron chi connectivity index (χ3n) is 3.68. The molecule has 0 bridgehead atoms. The third kappa shape index (κ3) is 2.15. The van der Waals surface area contributed by atoms with E-state index in [0.717, 1.165) is 0 Å². The zero-order chi connectivity index (χ0) is 11.1. The van der Waals surface area contributed by atoms with E-state index in [1.165, 1.54) is 39.9 Å². The van der Waals surface area contributed by atoms with Gasteiger partial charge in [-0.05, 0) is 47.2 Å². The number of halogens is 1. The molecule has 1 unspecified atom stereocenters. The first-order valence-corrected chi connectivity index (χ1v) is 7.15. The molecular formula is C12H18BrNS. The van der Waals surface area contributed by atoms with Gasteiger partial charge in [0.2, 0.25) is 0 Å². The van der Waals surface area contributed by atoms with E-state index in [2.05, 4.69) is 35.8 Å². The largest absolute Gasteiger partial charge is 0.323 e. The van der Waals surface area contributed by atoms with E-state index in [0.29, 0.717) is 5.41 Å². The van der Waals surface area contributed by atoms with Crippen LogP contribution in [0.1, 0.15) is 48.4 Å². The lowest BCUT2D eigenvalue weighted by atomic mass is 9.80. The lowest BCUT2D eigenvalue weighted by molar-refractivity contribution is 0.268. The maximum atomic E-state index is 6.41. The molecule has 2 rings (SSSR count). The molecule has 1 saturated carbocycles. The standard InChI is InChI=1S/C12H18BrNS/c1-8-9(13)7-10(15-8)11(14)12(2)5-3-4-6-12/h7,11H,3-6,14H2,1-2H3. The summed E-state index contributed by atoms with van der Waals surface area (Å²) in [6.07, 6.45) is 5.25. The maximum absolute atomic E-state index is 6.41. The second-order valence-corrected chi connectivity index (χ2v) is 7.03. The van der Waals surface area contributed by atoms with Crippen molar-refractivity contribution in [1.82, 2.24) is 0 Å². The molecule has 2 N–H and O–H groups in total. The summed E-state index contributed by atoms with van der Waals surface area (Å²) in [5, 5.41) is 0. The molecule has 15 heavy (non-hydrogen) atoms. The highest BCUT2D eigenvalue weighted by atomic mass is 79.9. The Kier molecular flexibility index (Phi) is 3.25. The summed E-state index contributed by atoms with van der Waals surface area (Å²) in [5.74, 6) is 0. The summed E-state index contributed by atoms with van der Waals surface area (Å²) in [7, 11) is 0. The van der Waals surface area contributed by atoms with Crippen LogP contribution in [0.3, 0.4) is 0 Å². The minimum Gasteiger partial charge on any atom is -0.323 e. The number of nitrogens with two attached hydrogens (primary N) is 1. The van der Waals surface area contributed by atoms with Gasteiger partial charge in [-0.15, -0.1) is 11.3 Å². The molecule has 1 aliphatic carbocycles. The van der Waals surface area contributed by atoms with E-state index in [4.69, 9.17) is 5.73 Å². The molecule has 1 heterocycles. The van der Waals surface area contributed by atoms with Gasteiger partial charge in [-0.25, -0.2) is 0 Å². The van der Waals surface area contributed by atoms with E-state index in [-0.39, 0.29) is 6.04 Å². The summed E-state index contributed by atoms with van der Waals surface area (Å²) in [5.41, 5.74) is 6.74. The Balaban J connectivity index is 2.23.